The monoisotopic (exact) mass is 425 g/mol. The van der Waals surface area contributed by atoms with Crippen LogP contribution in [-0.4, -0.2) is 47.4 Å². The zero-order valence-electron chi connectivity index (χ0n) is 17.1. The van der Waals surface area contributed by atoms with E-state index in [1.54, 1.807) is 19.1 Å². The molecule has 1 aliphatic rings. The molecule has 1 unspecified atom stereocenters. The summed E-state index contributed by atoms with van der Waals surface area (Å²) in [7, 11) is 3.17. The summed E-state index contributed by atoms with van der Waals surface area (Å²) in [6.45, 7) is 0.422. The Morgan fingerprint density at radius 2 is 1.93 bits per heavy atom. The maximum atomic E-state index is 12.8. The molecule has 6 nitrogen and oxygen atoms in total. The van der Waals surface area contributed by atoms with Crippen molar-refractivity contribution in [1.29, 1.82) is 0 Å². The third-order valence-electron chi connectivity index (χ3n) is 5.39. The van der Waals surface area contributed by atoms with Crippen LogP contribution in [0.5, 0.6) is 11.5 Å². The Balaban J connectivity index is 1.63. The van der Waals surface area contributed by atoms with Gasteiger partial charge in [-0.05, 0) is 55.9 Å². The van der Waals surface area contributed by atoms with Gasteiger partial charge < -0.3 is 14.4 Å². The number of ether oxygens (including phenoxy) is 2. The number of aromatic nitrogens is 2. The van der Waals surface area contributed by atoms with Crippen molar-refractivity contribution in [3.05, 3.63) is 41.7 Å². The van der Waals surface area contributed by atoms with Gasteiger partial charge in [-0.25, -0.2) is 0 Å². The largest absolute Gasteiger partial charge is 0.493 e. The summed E-state index contributed by atoms with van der Waals surface area (Å²) >= 11 is 0. The summed E-state index contributed by atoms with van der Waals surface area (Å²) in [5.41, 5.74) is 0.0893. The number of likely N-dealkylation sites (tertiary alicyclic amines) is 1. The molecule has 1 aromatic carbocycles. The van der Waals surface area contributed by atoms with Gasteiger partial charge in [-0.1, -0.05) is 6.07 Å². The Labute approximate surface area is 173 Å². The van der Waals surface area contributed by atoms with Crippen molar-refractivity contribution < 1.29 is 27.4 Å². The SMILES string of the molecule is COc1ccc(CCC2CCCCN2C(=O)Cn2ccc(C(F)(F)F)n2)cc1OC. The molecule has 0 bridgehead atoms. The average Bonchev–Trinajstić information content (AvgIpc) is 3.21. The summed E-state index contributed by atoms with van der Waals surface area (Å²) in [5, 5.41) is 3.49. The number of benzene rings is 1. The maximum Gasteiger partial charge on any atom is 0.435 e. The molecular formula is C21H26F3N3O3. The minimum absolute atomic E-state index is 0.0528. The number of alkyl halides is 3. The number of hydrogen-bond acceptors (Lipinski definition) is 4. The van der Waals surface area contributed by atoms with Gasteiger partial charge in [0.25, 0.3) is 0 Å². The number of rotatable bonds is 7. The lowest BCUT2D eigenvalue weighted by Gasteiger charge is -2.36. The molecule has 2 aromatic rings. The molecule has 2 heterocycles. The van der Waals surface area contributed by atoms with E-state index in [0.29, 0.717) is 18.0 Å². The van der Waals surface area contributed by atoms with Crippen molar-refractivity contribution in [3.8, 4) is 11.5 Å². The number of methoxy groups -OCH3 is 2. The highest BCUT2D eigenvalue weighted by molar-refractivity contribution is 5.76. The molecule has 30 heavy (non-hydrogen) atoms. The lowest BCUT2D eigenvalue weighted by atomic mass is 9.95. The highest BCUT2D eigenvalue weighted by Gasteiger charge is 2.34. The molecule has 0 spiro atoms. The standard InChI is InChI=1S/C21H26F3N3O3/c1-29-17-9-7-15(13-18(17)30-2)6-8-16-5-3-4-11-27(16)20(28)14-26-12-10-19(25-26)21(22,23)24/h7,9-10,12-13,16H,3-6,8,11,14H2,1-2H3. The van der Waals surface area contributed by atoms with E-state index < -0.39 is 11.9 Å². The zero-order valence-corrected chi connectivity index (χ0v) is 17.1. The fourth-order valence-corrected chi connectivity index (χ4v) is 3.83. The van der Waals surface area contributed by atoms with Crippen LogP contribution in [-0.2, 0) is 23.9 Å². The van der Waals surface area contributed by atoms with E-state index in [0.717, 1.165) is 48.4 Å². The molecule has 1 atom stereocenters. The summed E-state index contributed by atoms with van der Waals surface area (Å²) in [5.74, 6) is 1.11. The Hall–Kier alpha value is -2.71. The van der Waals surface area contributed by atoms with Gasteiger partial charge in [0.1, 0.15) is 6.54 Å². The number of amides is 1. The van der Waals surface area contributed by atoms with Gasteiger partial charge in [-0.2, -0.15) is 18.3 Å². The van der Waals surface area contributed by atoms with Crippen molar-refractivity contribution in [3.63, 3.8) is 0 Å². The number of nitrogens with zero attached hydrogens (tertiary/aromatic N) is 3. The van der Waals surface area contributed by atoms with Gasteiger partial charge in [-0.15, -0.1) is 0 Å². The molecule has 1 saturated heterocycles. The molecular weight excluding hydrogens is 399 g/mol. The van der Waals surface area contributed by atoms with Gasteiger partial charge in [0.15, 0.2) is 17.2 Å². The fourth-order valence-electron chi connectivity index (χ4n) is 3.83. The first-order valence-electron chi connectivity index (χ1n) is 9.93. The molecule has 0 saturated carbocycles. The van der Waals surface area contributed by atoms with Crippen molar-refractivity contribution in [2.75, 3.05) is 20.8 Å². The Bertz CT molecular complexity index is 867. The quantitative estimate of drug-likeness (QED) is 0.675. The highest BCUT2D eigenvalue weighted by atomic mass is 19.4. The molecule has 1 fully saturated rings. The highest BCUT2D eigenvalue weighted by Crippen LogP contribution is 2.30. The van der Waals surface area contributed by atoms with E-state index in [9.17, 15) is 18.0 Å². The van der Waals surface area contributed by atoms with Gasteiger partial charge in [-0.3, -0.25) is 9.48 Å². The molecule has 0 aliphatic carbocycles. The summed E-state index contributed by atoms with van der Waals surface area (Å²) in [6.07, 6.45) is 1.02. The average molecular weight is 425 g/mol. The van der Waals surface area contributed by atoms with E-state index in [1.807, 2.05) is 18.2 Å². The van der Waals surface area contributed by atoms with E-state index in [1.165, 1.54) is 6.20 Å². The first kappa shape index (κ1) is 22.0. The van der Waals surface area contributed by atoms with Crippen LogP contribution in [0.15, 0.2) is 30.5 Å². The molecule has 1 amide bonds. The van der Waals surface area contributed by atoms with E-state index in [4.69, 9.17) is 9.47 Å². The number of piperidine rings is 1. The molecule has 0 N–H and O–H groups in total. The predicted octanol–water partition coefficient (Wildman–Crippen LogP) is 3.93. The van der Waals surface area contributed by atoms with Gasteiger partial charge in [0, 0.05) is 18.8 Å². The normalized spacial score (nSPS) is 17.1. The minimum atomic E-state index is -4.51. The molecule has 9 heteroatoms. The summed E-state index contributed by atoms with van der Waals surface area (Å²) in [6, 6.07) is 6.69. The lowest BCUT2D eigenvalue weighted by Crippen LogP contribution is -2.45. The number of carbonyl (C=O) groups is 1. The third kappa shape index (κ3) is 5.25. The summed E-state index contributed by atoms with van der Waals surface area (Å²) < 4.78 is 49.9. The second kappa shape index (κ2) is 9.40. The van der Waals surface area contributed by atoms with Gasteiger partial charge in [0.2, 0.25) is 5.91 Å². The van der Waals surface area contributed by atoms with Crippen LogP contribution < -0.4 is 9.47 Å². The van der Waals surface area contributed by atoms with Crippen molar-refractivity contribution in [1.82, 2.24) is 14.7 Å². The van der Waals surface area contributed by atoms with E-state index in [-0.39, 0.29) is 18.5 Å². The second-order valence-corrected chi connectivity index (χ2v) is 7.36. The van der Waals surface area contributed by atoms with Crippen LogP contribution in [0.1, 0.15) is 36.9 Å². The van der Waals surface area contributed by atoms with Crippen LogP contribution in [0, 0.1) is 0 Å². The minimum Gasteiger partial charge on any atom is -0.493 e. The first-order valence-corrected chi connectivity index (χ1v) is 9.93. The molecule has 1 aromatic heterocycles. The molecule has 164 valence electrons. The van der Waals surface area contributed by atoms with E-state index >= 15 is 0 Å². The molecule has 1 aliphatic heterocycles. The summed E-state index contributed by atoms with van der Waals surface area (Å²) in [4.78, 5) is 14.6. The Kier molecular flexibility index (Phi) is 6.89. The smallest absolute Gasteiger partial charge is 0.435 e. The number of halogens is 3. The van der Waals surface area contributed by atoms with Gasteiger partial charge in [0.05, 0.1) is 14.2 Å². The Morgan fingerprint density at radius 3 is 2.60 bits per heavy atom. The van der Waals surface area contributed by atoms with E-state index in [2.05, 4.69) is 5.10 Å². The van der Waals surface area contributed by atoms with Crippen LogP contribution >= 0.6 is 0 Å². The number of carbonyl (C=O) groups excluding carboxylic acids is 1. The maximum absolute atomic E-state index is 12.8. The number of hydrogen-bond donors (Lipinski definition) is 0. The first-order chi connectivity index (χ1) is 14.3. The van der Waals surface area contributed by atoms with Crippen LogP contribution in [0.3, 0.4) is 0 Å². The Morgan fingerprint density at radius 1 is 1.17 bits per heavy atom. The van der Waals surface area contributed by atoms with Crippen molar-refractivity contribution in [2.24, 2.45) is 0 Å². The molecule has 3 rings (SSSR count). The zero-order chi connectivity index (χ0) is 21.7. The van der Waals surface area contributed by atoms with Gasteiger partial charge >= 0.3 is 6.18 Å². The fraction of sp³-hybridized carbons (Fsp3) is 0.524. The number of aryl methyl sites for hydroxylation is 1. The second-order valence-electron chi connectivity index (χ2n) is 7.36. The van der Waals surface area contributed by atoms with Crippen LogP contribution in [0.4, 0.5) is 13.2 Å². The predicted molar refractivity (Wildman–Crippen MR) is 104 cm³/mol. The topological polar surface area (TPSA) is 56.6 Å². The van der Waals surface area contributed by atoms with Crippen LogP contribution in [0.25, 0.3) is 0 Å². The van der Waals surface area contributed by atoms with Crippen molar-refractivity contribution in [2.45, 2.75) is 50.9 Å². The third-order valence-corrected chi connectivity index (χ3v) is 5.39. The van der Waals surface area contributed by atoms with Crippen molar-refractivity contribution >= 4 is 5.91 Å². The van der Waals surface area contributed by atoms with Crippen LogP contribution in [0.2, 0.25) is 0 Å². The molecule has 0 radical (unpaired) electrons. The lowest BCUT2D eigenvalue weighted by molar-refractivity contribution is -0.142.